The molecule has 2 heterocycles. The molecule has 1 spiro atoms. The van der Waals surface area contributed by atoms with E-state index in [0.717, 1.165) is 49.9 Å². The van der Waals surface area contributed by atoms with Gasteiger partial charge in [0.15, 0.2) is 0 Å². The highest BCUT2D eigenvalue weighted by molar-refractivity contribution is 5.86. The summed E-state index contributed by atoms with van der Waals surface area (Å²) in [4.78, 5) is 16.9. The number of nitrogens with zero attached hydrogens (tertiary/aromatic N) is 3. The number of halogens is 3. The third-order valence-electron chi connectivity index (χ3n) is 7.28. The SMILES string of the molecule is CNC(=O)C1CC2(CCN(Cc3cccc(OC)c3)CC2)CN1c1ccc(C#N)c(C(F)(F)F)c1. The van der Waals surface area contributed by atoms with Gasteiger partial charge >= 0.3 is 6.18 Å². The van der Waals surface area contributed by atoms with Gasteiger partial charge in [0.2, 0.25) is 5.91 Å². The maximum absolute atomic E-state index is 13.6. The number of hydrogen-bond acceptors (Lipinski definition) is 5. The molecule has 0 bridgehead atoms. The Labute approximate surface area is 203 Å². The lowest BCUT2D eigenvalue weighted by Crippen LogP contribution is -2.42. The van der Waals surface area contributed by atoms with Crippen LogP contribution in [-0.2, 0) is 17.5 Å². The van der Waals surface area contributed by atoms with Crippen molar-refractivity contribution in [2.24, 2.45) is 5.41 Å². The summed E-state index contributed by atoms with van der Waals surface area (Å²) in [6.07, 6.45) is -2.36. The van der Waals surface area contributed by atoms with E-state index in [0.29, 0.717) is 18.7 Å². The fourth-order valence-corrected chi connectivity index (χ4v) is 5.35. The van der Waals surface area contributed by atoms with E-state index < -0.39 is 23.3 Å². The topological polar surface area (TPSA) is 68.6 Å². The molecular formula is C26H29F3N4O2. The minimum Gasteiger partial charge on any atom is -0.497 e. The van der Waals surface area contributed by atoms with Crippen LogP contribution in [0.5, 0.6) is 5.75 Å². The van der Waals surface area contributed by atoms with Gasteiger partial charge in [-0.3, -0.25) is 9.69 Å². The Bertz CT molecular complexity index is 1120. The van der Waals surface area contributed by atoms with Crippen molar-refractivity contribution in [1.29, 1.82) is 5.26 Å². The number of piperidine rings is 1. The van der Waals surface area contributed by atoms with Crippen LogP contribution in [0, 0.1) is 16.7 Å². The summed E-state index contributed by atoms with van der Waals surface area (Å²) < 4.78 is 46.1. The Morgan fingerprint density at radius 3 is 2.60 bits per heavy atom. The Morgan fingerprint density at radius 1 is 1.23 bits per heavy atom. The number of likely N-dealkylation sites (N-methyl/N-ethyl adjacent to an activating group) is 1. The minimum absolute atomic E-state index is 0.158. The molecule has 1 N–H and O–H groups in total. The molecule has 9 heteroatoms. The number of amides is 1. The van der Waals surface area contributed by atoms with Crippen LogP contribution in [0.15, 0.2) is 42.5 Å². The number of likely N-dealkylation sites (tertiary alicyclic amines) is 1. The molecule has 1 unspecified atom stereocenters. The molecule has 1 amide bonds. The number of rotatable bonds is 5. The molecule has 0 radical (unpaired) electrons. The molecular weight excluding hydrogens is 457 g/mol. The number of benzene rings is 2. The van der Waals surface area contributed by atoms with Crippen molar-refractivity contribution in [3.63, 3.8) is 0 Å². The van der Waals surface area contributed by atoms with Gasteiger partial charge in [0.25, 0.3) is 0 Å². The molecule has 2 aromatic carbocycles. The summed E-state index contributed by atoms with van der Waals surface area (Å²) in [6.45, 7) is 2.97. The fourth-order valence-electron chi connectivity index (χ4n) is 5.35. The second-order valence-electron chi connectivity index (χ2n) is 9.43. The number of carbonyl (C=O) groups is 1. The van der Waals surface area contributed by atoms with Crippen LogP contribution in [0.2, 0.25) is 0 Å². The Kier molecular flexibility index (Phi) is 6.95. The van der Waals surface area contributed by atoms with Crippen molar-refractivity contribution < 1.29 is 22.7 Å². The van der Waals surface area contributed by atoms with Crippen molar-refractivity contribution in [2.75, 3.05) is 38.7 Å². The number of ether oxygens (including phenoxy) is 1. The molecule has 1 atom stereocenters. The van der Waals surface area contributed by atoms with E-state index >= 15 is 0 Å². The highest BCUT2D eigenvalue weighted by Gasteiger charge is 2.48. The van der Waals surface area contributed by atoms with Crippen LogP contribution in [0.1, 0.15) is 36.0 Å². The average molecular weight is 487 g/mol. The molecule has 0 aromatic heterocycles. The van der Waals surface area contributed by atoms with E-state index in [1.165, 1.54) is 12.1 Å². The van der Waals surface area contributed by atoms with Gasteiger partial charge < -0.3 is 15.0 Å². The van der Waals surface area contributed by atoms with Gasteiger partial charge in [-0.15, -0.1) is 0 Å². The second-order valence-corrected chi connectivity index (χ2v) is 9.43. The smallest absolute Gasteiger partial charge is 0.417 e. The van der Waals surface area contributed by atoms with Gasteiger partial charge in [-0.25, -0.2) is 0 Å². The molecule has 35 heavy (non-hydrogen) atoms. The Hall–Kier alpha value is -3.25. The fraction of sp³-hybridized carbons (Fsp3) is 0.462. The molecule has 2 saturated heterocycles. The van der Waals surface area contributed by atoms with Crippen LogP contribution in [-0.4, -0.2) is 50.6 Å². The lowest BCUT2D eigenvalue weighted by atomic mass is 9.76. The number of alkyl halides is 3. The van der Waals surface area contributed by atoms with Gasteiger partial charge in [-0.05, 0) is 73.7 Å². The summed E-state index contributed by atoms with van der Waals surface area (Å²) in [5, 5.41) is 11.8. The standard InChI is InChI=1S/C26H29F3N4O2/c1-31-24(34)23-14-25(8-10-32(11-9-25)16-18-4-3-5-21(12-18)35-2)17-33(23)20-7-6-19(15-30)22(13-20)26(27,28)29/h3-7,12-13,23H,8-11,14,16-17H2,1-2H3,(H,31,34). The monoisotopic (exact) mass is 486 g/mol. The predicted octanol–water partition coefficient (Wildman–Crippen LogP) is 4.19. The molecule has 4 rings (SSSR count). The third-order valence-corrected chi connectivity index (χ3v) is 7.28. The average Bonchev–Trinajstić information content (AvgIpc) is 3.23. The van der Waals surface area contributed by atoms with Crippen molar-refractivity contribution in [3.8, 4) is 11.8 Å². The van der Waals surface area contributed by atoms with E-state index in [1.807, 2.05) is 18.2 Å². The van der Waals surface area contributed by atoms with Gasteiger partial charge in [-0.2, -0.15) is 18.4 Å². The van der Waals surface area contributed by atoms with E-state index in [9.17, 15) is 18.0 Å². The molecule has 2 aliphatic heterocycles. The van der Waals surface area contributed by atoms with Crippen molar-refractivity contribution in [3.05, 3.63) is 59.2 Å². The zero-order chi connectivity index (χ0) is 25.2. The second kappa shape index (κ2) is 9.78. The molecule has 2 aliphatic rings. The summed E-state index contributed by atoms with van der Waals surface area (Å²) in [5.41, 5.74) is -0.0666. The molecule has 2 fully saturated rings. The quantitative estimate of drug-likeness (QED) is 0.687. The van der Waals surface area contributed by atoms with Gasteiger partial charge in [-0.1, -0.05) is 12.1 Å². The summed E-state index contributed by atoms with van der Waals surface area (Å²) in [6, 6.07) is 12.7. The minimum atomic E-state index is -4.65. The summed E-state index contributed by atoms with van der Waals surface area (Å²) >= 11 is 0. The van der Waals surface area contributed by atoms with Crippen LogP contribution in [0.25, 0.3) is 0 Å². The lowest BCUT2D eigenvalue weighted by molar-refractivity contribution is -0.137. The maximum Gasteiger partial charge on any atom is 0.417 e. The van der Waals surface area contributed by atoms with Crippen molar-refractivity contribution in [1.82, 2.24) is 10.2 Å². The van der Waals surface area contributed by atoms with Gasteiger partial charge in [0, 0.05) is 25.8 Å². The first-order chi connectivity index (χ1) is 16.7. The Balaban J connectivity index is 1.53. The maximum atomic E-state index is 13.6. The van der Waals surface area contributed by atoms with Crippen molar-refractivity contribution >= 4 is 11.6 Å². The normalized spacial score (nSPS) is 20.0. The van der Waals surface area contributed by atoms with Gasteiger partial charge in [0.1, 0.15) is 11.8 Å². The number of nitriles is 1. The highest BCUT2D eigenvalue weighted by Crippen LogP contribution is 2.46. The number of carbonyl (C=O) groups excluding carboxylic acids is 1. The zero-order valence-corrected chi connectivity index (χ0v) is 19.9. The zero-order valence-electron chi connectivity index (χ0n) is 19.9. The molecule has 2 aromatic rings. The highest BCUT2D eigenvalue weighted by atomic mass is 19.4. The first-order valence-corrected chi connectivity index (χ1v) is 11.6. The molecule has 6 nitrogen and oxygen atoms in total. The van der Waals surface area contributed by atoms with Crippen LogP contribution in [0.3, 0.4) is 0 Å². The Morgan fingerprint density at radius 2 is 1.97 bits per heavy atom. The molecule has 0 saturated carbocycles. The van der Waals surface area contributed by atoms with E-state index in [-0.39, 0.29) is 11.3 Å². The first kappa shape index (κ1) is 24.9. The van der Waals surface area contributed by atoms with E-state index in [1.54, 1.807) is 25.1 Å². The third kappa shape index (κ3) is 5.22. The number of methoxy groups -OCH3 is 1. The summed E-state index contributed by atoms with van der Waals surface area (Å²) in [7, 11) is 3.19. The van der Waals surface area contributed by atoms with Crippen molar-refractivity contribution in [2.45, 2.75) is 38.0 Å². The van der Waals surface area contributed by atoms with Gasteiger partial charge in [0.05, 0.1) is 24.3 Å². The number of nitrogens with one attached hydrogen (secondary N) is 1. The van der Waals surface area contributed by atoms with E-state index in [4.69, 9.17) is 10.00 Å². The summed E-state index contributed by atoms with van der Waals surface area (Å²) in [5.74, 6) is 0.607. The number of anilines is 1. The number of hydrogen-bond donors (Lipinski definition) is 1. The largest absolute Gasteiger partial charge is 0.497 e. The first-order valence-electron chi connectivity index (χ1n) is 11.6. The van der Waals surface area contributed by atoms with Crippen LogP contribution >= 0.6 is 0 Å². The lowest BCUT2D eigenvalue weighted by Gasteiger charge is -2.39. The van der Waals surface area contributed by atoms with E-state index in [2.05, 4.69) is 16.3 Å². The predicted molar refractivity (Wildman–Crippen MR) is 126 cm³/mol. The molecule has 0 aliphatic carbocycles. The molecule has 186 valence electrons. The van der Waals surface area contributed by atoms with Crippen LogP contribution < -0.4 is 15.0 Å². The van der Waals surface area contributed by atoms with Crippen LogP contribution in [0.4, 0.5) is 18.9 Å².